The number of benzene rings is 1. The molecule has 0 bridgehead atoms. The Labute approximate surface area is 137 Å². The number of amides is 1. The van der Waals surface area contributed by atoms with E-state index in [0.717, 1.165) is 12.2 Å². The first-order valence-electron chi connectivity index (χ1n) is 7.15. The molecular formula is C16H14ClFN4O. The molecule has 3 rings (SSSR count). The molecule has 23 heavy (non-hydrogen) atoms. The van der Waals surface area contributed by atoms with Gasteiger partial charge in [-0.3, -0.25) is 9.20 Å². The molecule has 2 aromatic heterocycles. The van der Waals surface area contributed by atoms with E-state index >= 15 is 0 Å². The van der Waals surface area contributed by atoms with Crippen molar-refractivity contribution in [3.05, 3.63) is 58.8 Å². The highest BCUT2D eigenvalue weighted by Gasteiger charge is 2.14. The van der Waals surface area contributed by atoms with Crippen LogP contribution in [-0.2, 0) is 17.6 Å². The van der Waals surface area contributed by atoms with E-state index in [2.05, 4.69) is 15.5 Å². The SMILES string of the molecule is CCc1nnc2c(NC(=O)Cc3c(F)cccc3Cl)cccn12. The number of halogens is 2. The Balaban J connectivity index is 1.85. The molecule has 0 spiro atoms. The number of carbonyl (C=O) groups is 1. The van der Waals surface area contributed by atoms with Crippen molar-refractivity contribution in [3.8, 4) is 0 Å². The van der Waals surface area contributed by atoms with E-state index in [4.69, 9.17) is 11.6 Å². The topological polar surface area (TPSA) is 59.3 Å². The van der Waals surface area contributed by atoms with Gasteiger partial charge in [0.25, 0.3) is 0 Å². The average Bonchev–Trinajstić information content (AvgIpc) is 2.95. The van der Waals surface area contributed by atoms with Gasteiger partial charge in [0.1, 0.15) is 11.6 Å². The molecule has 0 atom stereocenters. The Hall–Kier alpha value is -2.47. The zero-order valence-electron chi connectivity index (χ0n) is 12.4. The number of aryl methyl sites for hydroxylation is 1. The van der Waals surface area contributed by atoms with E-state index in [1.54, 1.807) is 18.2 Å². The van der Waals surface area contributed by atoms with Gasteiger partial charge < -0.3 is 5.32 Å². The summed E-state index contributed by atoms with van der Waals surface area (Å²) in [5.41, 5.74) is 1.25. The summed E-state index contributed by atoms with van der Waals surface area (Å²) in [6.45, 7) is 1.97. The van der Waals surface area contributed by atoms with Gasteiger partial charge in [-0.1, -0.05) is 24.6 Å². The Morgan fingerprint density at radius 1 is 1.30 bits per heavy atom. The fraction of sp³-hybridized carbons (Fsp3) is 0.188. The largest absolute Gasteiger partial charge is 0.323 e. The molecule has 0 aliphatic rings. The molecule has 0 saturated carbocycles. The van der Waals surface area contributed by atoms with Gasteiger partial charge in [-0.25, -0.2) is 4.39 Å². The maximum absolute atomic E-state index is 13.8. The van der Waals surface area contributed by atoms with Crippen LogP contribution in [0.15, 0.2) is 36.5 Å². The quantitative estimate of drug-likeness (QED) is 0.797. The van der Waals surface area contributed by atoms with Crippen molar-refractivity contribution in [2.75, 3.05) is 5.32 Å². The molecule has 0 aliphatic carbocycles. The predicted molar refractivity (Wildman–Crippen MR) is 86.1 cm³/mol. The number of aromatic nitrogens is 3. The number of carbonyl (C=O) groups excluding carboxylic acids is 1. The minimum atomic E-state index is -0.499. The van der Waals surface area contributed by atoms with E-state index in [1.165, 1.54) is 12.1 Å². The Morgan fingerprint density at radius 3 is 2.87 bits per heavy atom. The molecule has 3 aromatic rings. The molecule has 0 aliphatic heterocycles. The number of rotatable bonds is 4. The van der Waals surface area contributed by atoms with Gasteiger partial charge in [-0.2, -0.15) is 0 Å². The average molecular weight is 333 g/mol. The van der Waals surface area contributed by atoms with Crippen molar-refractivity contribution in [2.45, 2.75) is 19.8 Å². The maximum Gasteiger partial charge on any atom is 0.229 e. The van der Waals surface area contributed by atoms with Gasteiger partial charge in [0, 0.05) is 23.2 Å². The van der Waals surface area contributed by atoms with Crippen molar-refractivity contribution >= 4 is 28.8 Å². The van der Waals surface area contributed by atoms with Crippen LogP contribution in [0, 0.1) is 5.82 Å². The van der Waals surface area contributed by atoms with E-state index in [0.29, 0.717) is 11.3 Å². The molecule has 1 aromatic carbocycles. The second kappa shape index (κ2) is 6.34. The summed E-state index contributed by atoms with van der Waals surface area (Å²) in [5.74, 6) is -0.0685. The summed E-state index contributed by atoms with van der Waals surface area (Å²) in [5, 5.41) is 11.1. The fourth-order valence-corrected chi connectivity index (χ4v) is 2.59. The van der Waals surface area contributed by atoms with Crippen LogP contribution in [0.5, 0.6) is 0 Å². The number of fused-ring (bicyclic) bond motifs is 1. The number of anilines is 1. The lowest BCUT2D eigenvalue weighted by Gasteiger charge is -2.08. The van der Waals surface area contributed by atoms with Crippen molar-refractivity contribution < 1.29 is 9.18 Å². The highest BCUT2D eigenvalue weighted by Crippen LogP contribution is 2.21. The van der Waals surface area contributed by atoms with E-state index in [-0.39, 0.29) is 22.9 Å². The molecule has 2 heterocycles. The molecule has 0 unspecified atom stereocenters. The van der Waals surface area contributed by atoms with Gasteiger partial charge in [-0.05, 0) is 24.3 Å². The Kier molecular flexibility index (Phi) is 4.25. The number of pyridine rings is 1. The predicted octanol–water partition coefficient (Wildman–Crippen LogP) is 3.27. The number of nitrogens with zero attached hydrogens (tertiary/aromatic N) is 3. The number of hydrogen-bond acceptors (Lipinski definition) is 3. The van der Waals surface area contributed by atoms with Gasteiger partial charge in [0.2, 0.25) is 5.91 Å². The molecule has 5 nitrogen and oxygen atoms in total. The monoisotopic (exact) mass is 332 g/mol. The Morgan fingerprint density at radius 2 is 2.13 bits per heavy atom. The van der Waals surface area contributed by atoms with E-state index in [9.17, 15) is 9.18 Å². The summed E-state index contributed by atoms with van der Waals surface area (Å²) in [7, 11) is 0. The molecular weight excluding hydrogens is 319 g/mol. The van der Waals surface area contributed by atoms with Crippen LogP contribution in [-0.4, -0.2) is 20.5 Å². The van der Waals surface area contributed by atoms with Crippen molar-refractivity contribution in [2.24, 2.45) is 0 Å². The minimum Gasteiger partial charge on any atom is -0.323 e. The lowest BCUT2D eigenvalue weighted by Crippen LogP contribution is -2.16. The molecule has 1 amide bonds. The van der Waals surface area contributed by atoms with Gasteiger partial charge in [-0.15, -0.1) is 10.2 Å². The van der Waals surface area contributed by atoms with Crippen LogP contribution in [0.2, 0.25) is 5.02 Å². The van der Waals surface area contributed by atoms with Crippen molar-refractivity contribution in [1.82, 2.24) is 14.6 Å². The standard InChI is InChI=1S/C16H14ClFN4O/c1-2-14-20-21-16-13(7-4-8-22(14)16)19-15(23)9-10-11(17)5-3-6-12(10)18/h3-8H,2,9H2,1H3,(H,19,23). The third-order valence-corrected chi connectivity index (χ3v) is 3.85. The normalized spacial score (nSPS) is 10.9. The molecule has 118 valence electrons. The summed E-state index contributed by atoms with van der Waals surface area (Å²) in [4.78, 5) is 12.2. The number of nitrogens with one attached hydrogen (secondary N) is 1. The summed E-state index contributed by atoms with van der Waals surface area (Å²) >= 11 is 5.95. The molecule has 1 N–H and O–H groups in total. The third-order valence-electron chi connectivity index (χ3n) is 3.49. The fourth-order valence-electron chi connectivity index (χ4n) is 2.36. The molecule has 7 heteroatoms. The highest BCUT2D eigenvalue weighted by atomic mass is 35.5. The first-order valence-corrected chi connectivity index (χ1v) is 7.53. The highest BCUT2D eigenvalue weighted by molar-refractivity contribution is 6.31. The van der Waals surface area contributed by atoms with Gasteiger partial charge in [0.15, 0.2) is 5.65 Å². The minimum absolute atomic E-state index is 0.151. The number of hydrogen-bond donors (Lipinski definition) is 1. The first-order chi connectivity index (χ1) is 11.1. The van der Waals surface area contributed by atoms with Crippen molar-refractivity contribution in [1.29, 1.82) is 0 Å². The summed E-state index contributed by atoms with van der Waals surface area (Å²) < 4.78 is 15.6. The van der Waals surface area contributed by atoms with Crippen LogP contribution >= 0.6 is 11.6 Å². The third kappa shape index (κ3) is 3.03. The van der Waals surface area contributed by atoms with Crippen LogP contribution < -0.4 is 5.32 Å². The summed E-state index contributed by atoms with van der Waals surface area (Å²) in [6.07, 6.45) is 2.41. The second-order valence-corrected chi connectivity index (χ2v) is 5.42. The Bertz CT molecular complexity index is 857. The van der Waals surface area contributed by atoms with Crippen LogP contribution in [0.25, 0.3) is 5.65 Å². The first kappa shape index (κ1) is 15.4. The lowest BCUT2D eigenvalue weighted by atomic mass is 10.1. The maximum atomic E-state index is 13.8. The van der Waals surface area contributed by atoms with E-state index in [1.807, 2.05) is 17.5 Å². The van der Waals surface area contributed by atoms with Crippen LogP contribution in [0.3, 0.4) is 0 Å². The smallest absolute Gasteiger partial charge is 0.229 e. The van der Waals surface area contributed by atoms with Crippen LogP contribution in [0.4, 0.5) is 10.1 Å². The van der Waals surface area contributed by atoms with Gasteiger partial charge in [0.05, 0.1) is 12.1 Å². The molecule has 0 fully saturated rings. The molecule has 0 saturated heterocycles. The lowest BCUT2D eigenvalue weighted by molar-refractivity contribution is -0.115. The second-order valence-electron chi connectivity index (χ2n) is 5.01. The van der Waals surface area contributed by atoms with E-state index < -0.39 is 5.82 Å². The zero-order chi connectivity index (χ0) is 16.4. The molecule has 0 radical (unpaired) electrons. The van der Waals surface area contributed by atoms with Crippen molar-refractivity contribution in [3.63, 3.8) is 0 Å². The van der Waals surface area contributed by atoms with Crippen LogP contribution in [0.1, 0.15) is 18.3 Å². The van der Waals surface area contributed by atoms with Gasteiger partial charge >= 0.3 is 0 Å². The zero-order valence-corrected chi connectivity index (χ0v) is 13.1. The summed E-state index contributed by atoms with van der Waals surface area (Å²) in [6, 6.07) is 7.86.